The Bertz CT molecular complexity index is 646. The third-order valence-corrected chi connectivity index (χ3v) is 6.71. The number of hydrogen-bond acceptors (Lipinski definition) is 4. The molecular weight excluding hydrogens is 352 g/mol. The molecule has 0 atom stereocenters. The summed E-state index contributed by atoms with van der Waals surface area (Å²) in [6.07, 6.45) is 7.69. The summed E-state index contributed by atoms with van der Waals surface area (Å²) in [6, 6.07) is 6.86. The Morgan fingerprint density at radius 3 is 1.39 bits per heavy atom. The van der Waals surface area contributed by atoms with Gasteiger partial charge in [-0.15, -0.1) is 0 Å². The predicted molar refractivity (Wildman–Crippen MR) is 109 cm³/mol. The molecule has 0 aromatic heterocycles. The molecule has 3 rings (SSSR count). The van der Waals surface area contributed by atoms with Gasteiger partial charge in [0.15, 0.2) is 0 Å². The van der Waals surface area contributed by atoms with Gasteiger partial charge in [-0.05, 0) is 89.2 Å². The Morgan fingerprint density at radius 1 is 0.750 bits per heavy atom. The smallest absolute Gasteiger partial charge is 0.339 e. The van der Waals surface area contributed by atoms with Crippen molar-refractivity contribution in [3.8, 4) is 0 Å². The molecule has 0 radical (unpaired) electrons. The number of ether oxygens (including phenoxy) is 2. The lowest BCUT2D eigenvalue weighted by atomic mass is 9.80. The average molecular weight is 387 g/mol. The predicted octanol–water partition coefficient (Wildman–Crippen LogP) is 5.94. The van der Waals surface area contributed by atoms with Crippen LogP contribution in [0.15, 0.2) is 24.3 Å². The van der Waals surface area contributed by atoms with Gasteiger partial charge in [-0.2, -0.15) is 0 Å². The molecule has 28 heavy (non-hydrogen) atoms. The first-order valence-electron chi connectivity index (χ1n) is 10.8. The van der Waals surface area contributed by atoms with Crippen LogP contribution in [0.25, 0.3) is 0 Å². The quantitative estimate of drug-likeness (QED) is 0.601. The van der Waals surface area contributed by atoms with Crippen molar-refractivity contribution in [3.63, 3.8) is 0 Å². The third-order valence-electron chi connectivity index (χ3n) is 6.71. The molecule has 1 aromatic rings. The van der Waals surface area contributed by atoms with E-state index in [4.69, 9.17) is 9.47 Å². The molecule has 4 heteroatoms. The van der Waals surface area contributed by atoms with E-state index in [-0.39, 0.29) is 0 Å². The van der Waals surface area contributed by atoms with Gasteiger partial charge in [0, 0.05) is 0 Å². The molecule has 0 bridgehead atoms. The van der Waals surface area contributed by atoms with Crippen LogP contribution in [0.2, 0.25) is 0 Å². The van der Waals surface area contributed by atoms with E-state index < -0.39 is 23.1 Å². The molecule has 4 nitrogen and oxygen atoms in total. The molecule has 0 spiro atoms. The third kappa shape index (κ3) is 4.95. The van der Waals surface area contributed by atoms with E-state index in [0.717, 1.165) is 51.4 Å². The summed E-state index contributed by atoms with van der Waals surface area (Å²) in [7, 11) is 0. The lowest BCUT2D eigenvalue weighted by Gasteiger charge is -2.36. The number of hydrogen-bond donors (Lipinski definition) is 0. The normalized spacial score (nSPS) is 33.1. The van der Waals surface area contributed by atoms with E-state index in [1.807, 2.05) is 13.8 Å². The average Bonchev–Trinajstić information content (AvgIpc) is 2.67. The van der Waals surface area contributed by atoms with E-state index in [1.54, 1.807) is 24.3 Å². The van der Waals surface area contributed by atoms with Crippen LogP contribution in [0, 0.1) is 11.8 Å². The van der Waals surface area contributed by atoms with Crippen LogP contribution in [0.5, 0.6) is 0 Å². The molecular formula is C24H34O4. The van der Waals surface area contributed by atoms with Gasteiger partial charge < -0.3 is 9.47 Å². The number of esters is 2. The van der Waals surface area contributed by atoms with Crippen molar-refractivity contribution in [2.75, 3.05) is 0 Å². The van der Waals surface area contributed by atoms with Crippen molar-refractivity contribution in [1.82, 2.24) is 0 Å². The number of carbonyl (C=O) groups excluding carboxylic acids is 2. The van der Waals surface area contributed by atoms with Crippen LogP contribution in [-0.2, 0) is 9.47 Å². The molecule has 2 aliphatic carbocycles. The van der Waals surface area contributed by atoms with E-state index in [1.165, 1.54) is 0 Å². The maximum Gasteiger partial charge on any atom is 0.339 e. The van der Waals surface area contributed by atoms with Crippen molar-refractivity contribution >= 4 is 11.9 Å². The SMILES string of the molecule is CC1CCC(C)(OC(=O)c2ccccc2C(=O)OC2(C)CCC(C)CC2)CC1. The Balaban J connectivity index is 1.71. The Labute approximate surface area is 169 Å². The summed E-state index contributed by atoms with van der Waals surface area (Å²) in [5.41, 5.74) is -0.293. The van der Waals surface area contributed by atoms with Crippen molar-refractivity contribution in [3.05, 3.63) is 35.4 Å². The second-order valence-corrected chi connectivity index (χ2v) is 9.59. The Kier molecular flexibility index (Phi) is 6.16. The van der Waals surface area contributed by atoms with E-state index >= 15 is 0 Å². The first-order valence-corrected chi connectivity index (χ1v) is 10.8. The van der Waals surface area contributed by atoms with Crippen LogP contribution < -0.4 is 0 Å². The molecule has 0 aliphatic heterocycles. The van der Waals surface area contributed by atoms with Crippen molar-refractivity contribution < 1.29 is 19.1 Å². The highest BCUT2D eigenvalue weighted by atomic mass is 16.6. The maximum absolute atomic E-state index is 12.9. The summed E-state index contributed by atoms with van der Waals surface area (Å²) < 4.78 is 11.8. The van der Waals surface area contributed by atoms with Crippen LogP contribution in [0.3, 0.4) is 0 Å². The lowest BCUT2D eigenvalue weighted by Crippen LogP contribution is -2.37. The number of benzene rings is 1. The molecule has 154 valence electrons. The van der Waals surface area contributed by atoms with Gasteiger partial charge in [0.2, 0.25) is 0 Å². The Morgan fingerprint density at radius 2 is 1.07 bits per heavy atom. The highest BCUT2D eigenvalue weighted by molar-refractivity contribution is 6.03. The molecule has 2 aliphatic rings. The summed E-state index contributed by atoms with van der Waals surface area (Å²) in [5.74, 6) is 0.500. The van der Waals surface area contributed by atoms with Gasteiger partial charge in [-0.1, -0.05) is 26.0 Å². The number of carbonyl (C=O) groups is 2. The zero-order valence-electron chi connectivity index (χ0n) is 17.8. The van der Waals surface area contributed by atoms with Crippen LogP contribution in [-0.4, -0.2) is 23.1 Å². The van der Waals surface area contributed by atoms with Crippen LogP contribution in [0.4, 0.5) is 0 Å². The molecule has 2 fully saturated rings. The highest BCUT2D eigenvalue weighted by Gasteiger charge is 2.36. The van der Waals surface area contributed by atoms with Crippen molar-refractivity contribution in [2.45, 2.75) is 90.3 Å². The molecule has 0 N–H and O–H groups in total. The van der Waals surface area contributed by atoms with Gasteiger partial charge in [0.05, 0.1) is 11.1 Å². The summed E-state index contributed by atoms with van der Waals surface area (Å²) in [6.45, 7) is 8.47. The number of rotatable bonds is 4. The van der Waals surface area contributed by atoms with Crippen molar-refractivity contribution in [1.29, 1.82) is 0 Å². The van der Waals surface area contributed by atoms with Gasteiger partial charge in [0.25, 0.3) is 0 Å². The van der Waals surface area contributed by atoms with Crippen LogP contribution >= 0.6 is 0 Å². The van der Waals surface area contributed by atoms with Gasteiger partial charge >= 0.3 is 11.9 Å². The Hall–Kier alpha value is -1.84. The molecule has 1 aromatic carbocycles. The van der Waals surface area contributed by atoms with Gasteiger partial charge in [-0.25, -0.2) is 9.59 Å². The molecule has 2 saturated carbocycles. The van der Waals surface area contributed by atoms with Gasteiger partial charge in [-0.3, -0.25) is 0 Å². The standard InChI is InChI=1S/C24H34O4/c1-17-9-13-23(3,14-10-17)27-21(25)19-7-5-6-8-20(19)22(26)28-24(4)15-11-18(2)12-16-24/h5-8,17-18H,9-16H2,1-4H3. The zero-order chi connectivity index (χ0) is 20.4. The second kappa shape index (κ2) is 8.26. The molecule has 0 saturated heterocycles. The highest BCUT2D eigenvalue weighted by Crippen LogP contribution is 2.36. The summed E-state index contributed by atoms with van der Waals surface area (Å²) in [5, 5.41) is 0. The molecule has 0 amide bonds. The van der Waals surface area contributed by atoms with Crippen LogP contribution in [0.1, 0.15) is 99.8 Å². The molecule has 0 heterocycles. The first kappa shape index (κ1) is 20.9. The van der Waals surface area contributed by atoms with E-state index in [0.29, 0.717) is 23.0 Å². The van der Waals surface area contributed by atoms with Crippen molar-refractivity contribution in [2.24, 2.45) is 11.8 Å². The summed E-state index contributed by atoms with van der Waals surface area (Å²) in [4.78, 5) is 25.8. The lowest BCUT2D eigenvalue weighted by molar-refractivity contribution is -0.0368. The maximum atomic E-state index is 12.9. The summed E-state index contributed by atoms with van der Waals surface area (Å²) >= 11 is 0. The van der Waals surface area contributed by atoms with Gasteiger partial charge in [0.1, 0.15) is 11.2 Å². The fraction of sp³-hybridized carbons (Fsp3) is 0.667. The topological polar surface area (TPSA) is 52.6 Å². The first-order chi connectivity index (χ1) is 13.2. The van der Waals surface area contributed by atoms with E-state index in [9.17, 15) is 9.59 Å². The largest absolute Gasteiger partial charge is 0.456 e. The minimum absolute atomic E-state index is 0.306. The van der Waals surface area contributed by atoms with E-state index in [2.05, 4.69) is 13.8 Å². The molecule has 0 unspecified atom stereocenters. The minimum atomic E-state index is -0.452. The minimum Gasteiger partial charge on any atom is -0.456 e. The monoisotopic (exact) mass is 386 g/mol. The fourth-order valence-corrected chi connectivity index (χ4v) is 4.35. The fourth-order valence-electron chi connectivity index (χ4n) is 4.35. The second-order valence-electron chi connectivity index (χ2n) is 9.59. The zero-order valence-corrected chi connectivity index (χ0v) is 17.8.